The van der Waals surface area contributed by atoms with Crippen molar-refractivity contribution in [2.75, 3.05) is 0 Å². The average molecular weight is 199 g/mol. The zero-order chi connectivity index (χ0) is 5.98. The first kappa shape index (κ1) is 8.78. The molecule has 0 aliphatic heterocycles. The van der Waals surface area contributed by atoms with Gasteiger partial charge in [0.15, 0.2) is 0 Å². The van der Waals surface area contributed by atoms with Crippen LogP contribution in [0.15, 0.2) is 12.3 Å². The predicted molar refractivity (Wildman–Crippen MR) is 27.2 cm³/mol. The Bertz CT molecular complexity index is 184. The molecule has 0 fully saturated rings. The number of amides is 1. The summed E-state index contributed by atoms with van der Waals surface area (Å²) >= 11 is 0. The topological polar surface area (TPSA) is 69.6 Å². The number of hydrogen-bond acceptors (Lipinski definition) is 2. The average Bonchev–Trinajstić information content (AvgIpc) is 2.12. The SMILES string of the molecule is [NH-]C(=O)c1ccn[nH]1.[Y]. The zero-order valence-corrected chi connectivity index (χ0v) is 7.43. The van der Waals surface area contributed by atoms with Gasteiger partial charge >= 0.3 is 0 Å². The molecule has 45 valence electrons. The van der Waals surface area contributed by atoms with Gasteiger partial charge in [0.25, 0.3) is 0 Å². The summed E-state index contributed by atoms with van der Waals surface area (Å²) in [7, 11) is 0. The van der Waals surface area contributed by atoms with E-state index in [9.17, 15) is 4.79 Å². The molecule has 1 aromatic heterocycles. The van der Waals surface area contributed by atoms with E-state index in [-0.39, 0.29) is 38.4 Å². The molecule has 0 saturated heterocycles. The normalized spacial score (nSPS) is 8.00. The van der Waals surface area contributed by atoms with Crippen LogP contribution in [0.25, 0.3) is 5.73 Å². The fourth-order valence-corrected chi connectivity index (χ4v) is 0.382. The number of aromatic amines is 1. The van der Waals surface area contributed by atoms with Gasteiger partial charge in [0.1, 0.15) is 0 Å². The third-order valence-electron chi connectivity index (χ3n) is 0.745. The zero-order valence-electron chi connectivity index (χ0n) is 4.59. The Morgan fingerprint density at radius 1 is 1.78 bits per heavy atom. The molecule has 4 nitrogen and oxygen atoms in total. The molecule has 0 aliphatic rings. The van der Waals surface area contributed by atoms with E-state index in [0.29, 0.717) is 0 Å². The fourth-order valence-electron chi connectivity index (χ4n) is 0.382. The van der Waals surface area contributed by atoms with Crippen LogP contribution in [-0.4, -0.2) is 16.1 Å². The standard InChI is InChI=1S/C4H5N3O.Y/c5-4(8)3-1-2-6-7-3;/h1-2H,(H3,5,6,7,8);/p-1. The van der Waals surface area contributed by atoms with Crippen LogP contribution in [0.2, 0.25) is 0 Å². The van der Waals surface area contributed by atoms with Crippen molar-refractivity contribution in [1.82, 2.24) is 10.2 Å². The van der Waals surface area contributed by atoms with Gasteiger partial charge in [0.05, 0.1) is 11.6 Å². The molecule has 0 saturated carbocycles. The first-order valence-electron chi connectivity index (χ1n) is 2.06. The fraction of sp³-hybridized carbons (Fsp3) is 0. The molecule has 2 N–H and O–H groups in total. The number of aromatic nitrogens is 2. The molecule has 0 aliphatic carbocycles. The third kappa shape index (κ3) is 2.24. The molecule has 1 radical (unpaired) electrons. The summed E-state index contributed by atoms with van der Waals surface area (Å²) in [5.41, 5.74) is 6.75. The van der Waals surface area contributed by atoms with Crippen LogP contribution < -0.4 is 0 Å². The van der Waals surface area contributed by atoms with E-state index >= 15 is 0 Å². The van der Waals surface area contributed by atoms with Gasteiger partial charge in [-0.15, -0.1) is 0 Å². The number of nitrogens with one attached hydrogen (secondary N) is 2. The molecule has 0 unspecified atom stereocenters. The molecule has 0 atom stereocenters. The largest absolute Gasteiger partial charge is 0.662 e. The Labute approximate surface area is 77.1 Å². The van der Waals surface area contributed by atoms with Gasteiger partial charge in [0.2, 0.25) is 0 Å². The monoisotopic (exact) mass is 199 g/mol. The van der Waals surface area contributed by atoms with Crippen LogP contribution in [0.5, 0.6) is 0 Å². The molecule has 9 heavy (non-hydrogen) atoms. The van der Waals surface area contributed by atoms with Crippen molar-refractivity contribution in [2.45, 2.75) is 0 Å². The molecule has 5 heteroatoms. The van der Waals surface area contributed by atoms with Gasteiger partial charge < -0.3 is 10.5 Å². The third-order valence-corrected chi connectivity index (χ3v) is 0.745. The van der Waals surface area contributed by atoms with Crippen LogP contribution in [0, 0.1) is 0 Å². The van der Waals surface area contributed by atoms with E-state index < -0.39 is 5.91 Å². The number of hydrogen-bond donors (Lipinski definition) is 1. The minimum Gasteiger partial charge on any atom is -0.662 e. The first-order valence-corrected chi connectivity index (χ1v) is 2.06. The second-order valence-corrected chi connectivity index (χ2v) is 1.30. The number of carbonyl (C=O) groups is 1. The molecular formula is C4H4N3OY-. The first-order chi connectivity index (χ1) is 3.80. The summed E-state index contributed by atoms with van der Waals surface area (Å²) in [5.74, 6) is -0.734. The van der Waals surface area contributed by atoms with E-state index in [1.807, 2.05) is 0 Å². The Morgan fingerprint density at radius 3 is 2.67 bits per heavy atom. The summed E-state index contributed by atoms with van der Waals surface area (Å²) < 4.78 is 0. The van der Waals surface area contributed by atoms with Gasteiger partial charge in [-0.25, -0.2) is 0 Å². The number of H-pyrrole nitrogens is 1. The Hall–Kier alpha value is -0.216. The molecule has 1 rings (SSSR count). The Kier molecular flexibility index (Phi) is 3.65. The molecular weight excluding hydrogens is 195 g/mol. The molecule has 0 bridgehead atoms. The van der Waals surface area contributed by atoms with E-state index in [4.69, 9.17) is 5.73 Å². The maximum absolute atomic E-state index is 10.1. The van der Waals surface area contributed by atoms with Crippen LogP contribution >= 0.6 is 0 Å². The minimum atomic E-state index is -0.734. The summed E-state index contributed by atoms with van der Waals surface area (Å²) in [6, 6.07) is 1.45. The van der Waals surface area contributed by atoms with Gasteiger partial charge in [-0.3, -0.25) is 5.10 Å². The van der Waals surface area contributed by atoms with E-state index in [1.165, 1.54) is 12.3 Å². The Balaban J connectivity index is 0.000000640. The number of nitrogens with zero attached hydrogens (tertiary/aromatic N) is 1. The predicted octanol–water partition coefficient (Wildman–Crippen LogP) is 0.600. The molecule has 1 heterocycles. The second-order valence-electron chi connectivity index (χ2n) is 1.30. The maximum atomic E-state index is 10.1. The summed E-state index contributed by atoms with van der Waals surface area (Å²) in [4.78, 5) is 10.1. The smallest absolute Gasteiger partial charge is 0.0977 e. The second kappa shape index (κ2) is 3.74. The van der Waals surface area contributed by atoms with Crippen molar-refractivity contribution in [3.05, 3.63) is 23.7 Å². The van der Waals surface area contributed by atoms with Crippen LogP contribution in [0.1, 0.15) is 10.5 Å². The van der Waals surface area contributed by atoms with Gasteiger partial charge in [-0.05, 0) is 6.07 Å². The van der Waals surface area contributed by atoms with Gasteiger partial charge in [-0.2, -0.15) is 5.10 Å². The number of carbonyl (C=O) groups excluding carboxylic acids is 1. The van der Waals surface area contributed by atoms with E-state index in [2.05, 4.69) is 10.2 Å². The van der Waals surface area contributed by atoms with Crippen LogP contribution in [0.4, 0.5) is 0 Å². The summed E-state index contributed by atoms with van der Waals surface area (Å²) in [6.45, 7) is 0. The van der Waals surface area contributed by atoms with Crippen molar-refractivity contribution in [3.63, 3.8) is 0 Å². The maximum Gasteiger partial charge on any atom is 0.0977 e. The molecule has 1 aromatic rings. The number of rotatable bonds is 1. The molecule has 0 spiro atoms. The van der Waals surface area contributed by atoms with Crippen LogP contribution in [-0.2, 0) is 32.7 Å². The van der Waals surface area contributed by atoms with E-state index in [1.54, 1.807) is 0 Å². The van der Waals surface area contributed by atoms with Crippen molar-refractivity contribution < 1.29 is 37.5 Å². The van der Waals surface area contributed by atoms with Crippen molar-refractivity contribution in [2.24, 2.45) is 0 Å². The Morgan fingerprint density at radius 2 is 2.44 bits per heavy atom. The van der Waals surface area contributed by atoms with Crippen molar-refractivity contribution in [1.29, 1.82) is 0 Å². The van der Waals surface area contributed by atoms with Crippen molar-refractivity contribution in [3.8, 4) is 0 Å². The van der Waals surface area contributed by atoms with Crippen molar-refractivity contribution >= 4 is 5.91 Å². The van der Waals surface area contributed by atoms with Crippen LogP contribution in [0.3, 0.4) is 0 Å². The van der Waals surface area contributed by atoms with E-state index in [0.717, 1.165) is 0 Å². The molecule has 1 amide bonds. The summed E-state index contributed by atoms with van der Waals surface area (Å²) in [5, 5.41) is 5.83. The van der Waals surface area contributed by atoms with Gasteiger partial charge in [-0.1, -0.05) is 0 Å². The minimum absolute atomic E-state index is 0. The van der Waals surface area contributed by atoms with Gasteiger partial charge in [0, 0.05) is 38.9 Å². The summed E-state index contributed by atoms with van der Waals surface area (Å²) in [6.07, 6.45) is 1.43. The quantitative estimate of drug-likeness (QED) is 0.719. The molecule has 0 aromatic carbocycles.